The van der Waals surface area contributed by atoms with Crippen LogP contribution in [-0.2, 0) is 0 Å². The first-order chi connectivity index (χ1) is 49.6. The molecule has 100 heavy (non-hydrogen) atoms. The maximum absolute atomic E-state index is 2.48. The smallest absolute Gasteiger partial charge is 0.0619 e. The normalized spacial score (nSPS) is 11.6. The Morgan fingerprint density at radius 2 is 0.560 bits per heavy atom. The Labute approximate surface area is 579 Å². The summed E-state index contributed by atoms with van der Waals surface area (Å²) in [6, 6.07) is 141. The van der Waals surface area contributed by atoms with E-state index in [1.165, 1.54) is 148 Å². The molecule has 20 aromatic rings. The zero-order valence-electron chi connectivity index (χ0n) is 54.7. The van der Waals surface area contributed by atoms with Crippen molar-refractivity contribution in [3.63, 3.8) is 0 Å². The van der Waals surface area contributed by atoms with Gasteiger partial charge in [-0.15, -0.1) is 0 Å². The van der Waals surface area contributed by atoms with Crippen LogP contribution in [0.1, 0.15) is 0 Å². The van der Waals surface area contributed by atoms with Crippen LogP contribution >= 0.6 is 0 Å². The molecule has 0 saturated heterocycles. The molecular formula is C96H64N4. The summed E-state index contributed by atoms with van der Waals surface area (Å²) in [7, 11) is 0. The molecule has 2 heterocycles. The van der Waals surface area contributed by atoms with Gasteiger partial charge in [-0.1, -0.05) is 267 Å². The van der Waals surface area contributed by atoms with Gasteiger partial charge in [0, 0.05) is 71.8 Å². The predicted octanol–water partition coefficient (Wildman–Crippen LogP) is 26.8. The number of benzene rings is 18. The average Bonchev–Trinajstić information content (AvgIpc) is 1.24. The van der Waals surface area contributed by atoms with Crippen LogP contribution in [0, 0.1) is 0 Å². The number of hydrogen-bond acceptors (Lipinski definition) is 2. The molecule has 0 saturated carbocycles. The Bertz CT molecular complexity index is 6360. The Morgan fingerprint density at radius 3 is 1.14 bits per heavy atom. The van der Waals surface area contributed by atoms with Crippen molar-refractivity contribution >= 4 is 142 Å². The summed E-state index contributed by atoms with van der Waals surface area (Å²) < 4.78 is 4.86. The Morgan fingerprint density at radius 1 is 0.180 bits per heavy atom. The van der Waals surface area contributed by atoms with Crippen molar-refractivity contribution < 1.29 is 0 Å². The number of anilines is 6. The van der Waals surface area contributed by atoms with Crippen molar-refractivity contribution in [2.45, 2.75) is 0 Å². The van der Waals surface area contributed by atoms with Gasteiger partial charge in [-0.05, 0) is 192 Å². The highest BCUT2D eigenvalue weighted by Crippen LogP contribution is 2.47. The van der Waals surface area contributed by atoms with Crippen molar-refractivity contribution in [1.82, 2.24) is 9.13 Å². The molecule has 2 aromatic heterocycles. The number of para-hydroxylation sites is 6. The molecule has 0 bridgehead atoms. The van der Waals surface area contributed by atoms with Crippen LogP contribution in [0.2, 0.25) is 0 Å². The van der Waals surface area contributed by atoms with Crippen molar-refractivity contribution in [3.05, 3.63) is 388 Å². The van der Waals surface area contributed by atoms with E-state index >= 15 is 0 Å². The molecule has 0 aliphatic heterocycles. The molecule has 20 rings (SSSR count). The maximum atomic E-state index is 2.48. The second kappa shape index (κ2) is 24.4. The molecule has 468 valence electrons. The largest absolute Gasteiger partial charge is 0.310 e. The first kappa shape index (κ1) is 58.1. The van der Waals surface area contributed by atoms with E-state index in [0.29, 0.717) is 0 Å². The molecule has 0 unspecified atom stereocenters. The van der Waals surface area contributed by atoms with E-state index < -0.39 is 0 Å². The van der Waals surface area contributed by atoms with Crippen LogP contribution in [-0.4, -0.2) is 9.13 Å². The number of nitrogens with zero attached hydrogens (tertiary/aromatic N) is 4. The van der Waals surface area contributed by atoms with E-state index in [1.807, 2.05) is 0 Å². The van der Waals surface area contributed by atoms with Gasteiger partial charge in [0.2, 0.25) is 0 Å². The fourth-order valence-corrected chi connectivity index (χ4v) is 15.7. The molecule has 0 spiro atoms. The van der Waals surface area contributed by atoms with Gasteiger partial charge in [0.25, 0.3) is 0 Å². The highest BCUT2D eigenvalue weighted by molar-refractivity contribution is 6.21. The lowest BCUT2D eigenvalue weighted by molar-refractivity contribution is 1.19. The first-order valence-corrected chi connectivity index (χ1v) is 34.4. The lowest BCUT2D eigenvalue weighted by Crippen LogP contribution is -2.10. The molecule has 0 fully saturated rings. The van der Waals surface area contributed by atoms with Gasteiger partial charge in [0.05, 0.1) is 33.4 Å². The third-order valence-electron chi connectivity index (χ3n) is 20.2. The minimum Gasteiger partial charge on any atom is -0.310 e. The van der Waals surface area contributed by atoms with Gasteiger partial charge in [-0.3, -0.25) is 0 Å². The number of hydrogen-bond donors (Lipinski definition) is 0. The molecule has 4 nitrogen and oxygen atoms in total. The maximum Gasteiger partial charge on any atom is 0.0619 e. The van der Waals surface area contributed by atoms with Crippen LogP contribution in [0.15, 0.2) is 388 Å². The van der Waals surface area contributed by atoms with Crippen LogP contribution < -0.4 is 9.80 Å². The average molecular weight is 1270 g/mol. The quantitative estimate of drug-likeness (QED) is 0.127. The molecule has 4 heteroatoms. The van der Waals surface area contributed by atoms with Crippen LogP contribution in [0.5, 0.6) is 0 Å². The van der Waals surface area contributed by atoms with Gasteiger partial charge in [0.15, 0.2) is 0 Å². The van der Waals surface area contributed by atoms with Crippen LogP contribution in [0.25, 0.3) is 142 Å². The monoisotopic (exact) mass is 1270 g/mol. The highest BCUT2D eigenvalue weighted by Gasteiger charge is 2.23. The predicted molar refractivity (Wildman–Crippen MR) is 427 cm³/mol. The van der Waals surface area contributed by atoms with Gasteiger partial charge in [-0.2, -0.15) is 0 Å². The molecule has 0 N–H and O–H groups in total. The molecule has 0 aliphatic rings. The lowest BCUT2D eigenvalue weighted by Gasteiger charge is -2.27. The van der Waals surface area contributed by atoms with E-state index in [4.69, 9.17) is 0 Å². The number of fused-ring (bicyclic) bond motifs is 12. The van der Waals surface area contributed by atoms with E-state index in [2.05, 4.69) is 407 Å². The Hall–Kier alpha value is -13.3. The van der Waals surface area contributed by atoms with Gasteiger partial charge < -0.3 is 18.9 Å². The van der Waals surface area contributed by atoms with Crippen molar-refractivity contribution in [3.8, 4) is 33.6 Å². The molecule has 0 aliphatic carbocycles. The first-order valence-electron chi connectivity index (χ1n) is 34.4. The summed E-state index contributed by atoms with van der Waals surface area (Å²) in [4.78, 5) is 4.70. The van der Waals surface area contributed by atoms with E-state index in [9.17, 15) is 0 Å². The SMILES string of the molecule is c1ccc(N(c2ccc(-c3c4ccccc4c(-n4c5ccccc5c5ccccc54)c4ccccc34)cc2)c2ccc3ccccc3c2)cc1.c1ccc(N(c2ccc(-c3ccc4cc5cc(-n6c7ccccc7c7ccccc76)ccc5cc4c3)cc2)c2cccc3ccccc23)cc1. The van der Waals surface area contributed by atoms with Gasteiger partial charge in [0.1, 0.15) is 0 Å². The van der Waals surface area contributed by atoms with Crippen LogP contribution in [0.3, 0.4) is 0 Å². The van der Waals surface area contributed by atoms with Gasteiger partial charge in [-0.25, -0.2) is 0 Å². The van der Waals surface area contributed by atoms with E-state index in [-0.39, 0.29) is 0 Å². The topological polar surface area (TPSA) is 16.3 Å². The van der Waals surface area contributed by atoms with E-state index in [1.54, 1.807) is 0 Å². The number of rotatable bonds is 10. The Balaban J connectivity index is 0.000000139. The summed E-state index contributed by atoms with van der Waals surface area (Å²) in [5, 5.41) is 19.9. The standard InChI is InChI=1S/2C48H32N2/c1-2-16-36(17-3-1)49(38-31-26-33-14-4-5-15-35(33)32-38)37-29-27-34(28-30-37)47-41-20-6-8-22-43(41)48(44-23-9-7-21-42(44)47)50-45-24-12-10-18-39(45)40-19-11-13-25-46(40)50;1-2-13-40(14-3-1)49(46-20-10-12-34-11-4-5-15-43(34)46)41-26-23-33(24-27-41)35-21-22-36-31-39-32-42(28-25-37(39)30-38(36)29-35)50-47-18-8-6-16-44(47)45-17-7-9-19-48(45)50/h2*1-32H. The third-order valence-corrected chi connectivity index (χ3v) is 20.2. The van der Waals surface area contributed by atoms with Crippen molar-refractivity contribution in [2.24, 2.45) is 0 Å². The summed E-state index contributed by atoms with van der Waals surface area (Å²) in [5.41, 5.74) is 19.0. The van der Waals surface area contributed by atoms with Gasteiger partial charge >= 0.3 is 0 Å². The minimum absolute atomic E-state index is 1.12. The second-order valence-electron chi connectivity index (χ2n) is 26.0. The van der Waals surface area contributed by atoms with Crippen molar-refractivity contribution in [1.29, 1.82) is 0 Å². The molecular weight excluding hydrogens is 1210 g/mol. The summed E-state index contributed by atoms with van der Waals surface area (Å²) in [6.07, 6.45) is 0. The molecule has 18 aromatic carbocycles. The summed E-state index contributed by atoms with van der Waals surface area (Å²) >= 11 is 0. The lowest BCUT2D eigenvalue weighted by atomic mass is 9.90. The zero-order valence-corrected chi connectivity index (χ0v) is 54.7. The molecule has 0 amide bonds. The fourth-order valence-electron chi connectivity index (χ4n) is 15.7. The van der Waals surface area contributed by atoms with Crippen molar-refractivity contribution in [2.75, 3.05) is 9.80 Å². The fraction of sp³-hybridized carbons (Fsp3) is 0. The minimum atomic E-state index is 1.12. The van der Waals surface area contributed by atoms with Crippen LogP contribution in [0.4, 0.5) is 34.1 Å². The molecule has 0 atom stereocenters. The Kier molecular flexibility index (Phi) is 14.2. The summed E-state index contributed by atoms with van der Waals surface area (Å²) in [5.74, 6) is 0. The second-order valence-corrected chi connectivity index (χ2v) is 26.0. The third kappa shape index (κ3) is 10.00. The van der Waals surface area contributed by atoms with E-state index in [0.717, 1.165) is 28.4 Å². The zero-order chi connectivity index (χ0) is 66.0. The molecule has 0 radical (unpaired) electrons. The highest BCUT2D eigenvalue weighted by atomic mass is 15.1. The summed E-state index contributed by atoms with van der Waals surface area (Å²) in [6.45, 7) is 0. The number of aromatic nitrogens is 2.